The minimum Gasteiger partial charge on any atom is -0.294 e. The summed E-state index contributed by atoms with van der Waals surface area (Å²) < 4.78 is 2.78. The van der Waals surface area contributed by atoms with Crippen molar-refractivity contribution < 1.29 is 4.79 Å². The van der Waals surface area contributed by atoms with Crippen LogP contribution in [0, 0.1) is 13.8 Å². The van der Waals surface area contributed by atoms with E-state index < -0.39 is 0 Å². The van der Waals surface area contributed by atoms with Crippen molar-refractivity contribution in [2.75, 3.05) is 0 Å². The van der Waals surface area contributed by atoms with E-state index in [1.165, 1.54) is 0 Å². The van der Waals surface area contributed by atoms with E-state index in [0.29, 0.717) is 13.0 Å². The third kappa shape index (κ3) is 2.33. The molecule has 0 atom stereocenters. The smallest absolute Gasteiger partial charge is 0.235 e. The lowest BCUT2D eigenvalue weighted by Crippen LogP contribution is -2.30. The zero-order chi connectivity index (χ0) is 10.7. The van der Waals surface area contributed by atoms with Gasteiger partial charge < -0.3 is 0 Å². The number of rotatable bonds is 3. The van der Waals surface area contributed by atoms with Crippen molar-refractivity contribution in [1.82, 2.24) is 15.2 Å². The van der Waals surface area contributed by atoms with E-state index in [0.717, 1.165) is 15.9 Å². The van der Waals surface area contributed by atoms with Gasteiger partial charge in [0.05, 0.1) is 16.7 Å². The molecule has 0 fully saturated rings. The molecule has 0 aliphatic rings. The Kier molecular flexibility index (Phi) is 3.65. The van der Waals surface area contributed by atoms with Gasteiger partial charge in [-0.2, -0.15) is 5.10 Å². The Balaban J connectivity index is 2.68. The molecule has 1 aromatic heterocycles. The number of aromatic nitrogens is 2. The fourth-order valence-corrected chi connectivity index (χ4v) is 1.46. The Hall–Kier alpha value is -0.880. The second kappa shape index (κ2) is 4.56. The zero-order valence-corrected chi connectivity index (χ0v) is 9.76. The summed E-state index contributed by atoms with van der Waals surface area (Å²) in [4.78, 5) is 10.9. The number of hydrogen-bond acceptors (Lipinski definition) is 3. The molecule has 0 spiro atoms. The number of hydrazine groups is 1. The molecule has 0 unspecified atom stereocenters. The molecule has 0 aliphatic heterocycles. The molecule has 3 N–H and O–H groups in total. The molecular weight excluding hydrogens is 248 g/mol. The third-order valence-electron chi connectivity index (χ3n) is 2.00. The van der Waals surface area contributed by atoms with Crippen LogP contribution in [0.15, 0.2) is 4.47 Å². The summed E-state index contributed by atoms with van der Waals surface area (Å²) in [6.45, 7) is 4.41. The highest BCUT2D eigenvalue weighted by Gasteiger charge is 2.09. The maximum atomic E-state index is 10.9. The summed E-state index contributed by atoms with van der Waals surface area (Å²) in [5, 5.41) is 4.26. The van der Waals surface area contributed by atoms with Crippen LogP contribution in [-0.4, -0.2) is 15.7 Å². The predicted molar refractivity (Wildman–Crippen MR) is 56.3 cm³/mol. The van der Waals surface area contributed by atoms with Crippen molar-refractivity contribution in [3.8, 4) is 0 Å². The fraction of sp³-hybridized carbons (Fsp3) is 0.500. The number of nitrogens with two attached hydrogens (primary N) is 1. The van der Waals surface area contributed by atoms with Gasteiger partial charge in [0.15, 0.2) is 0 Å². The van der Waals surface area contributed by atoms with Gasteiger partial charge in [-0.1, -0.05) is 0 Å². The summed E-state index contributed by atoms with van der Waals surface area (Å²) >= 11 is 3.42. The lowest BCUT2D eigenvalue weighted by Gasteiger charge is -2.02. The maximum Gasteiger partial charge on any atom is 0.235 e. The summed E-state index contributed by atoms with van der Waals surface area (Å²) in [7, 11) is 0. The maximum absolute atomic E-state index is 10.9. The second-order valence-electron chi connectivity index (χ2n) is 3.03. The Bertz CT molecular complexity index is 347. The number of amides is 1. The van der Waals surface area contributed by atoms with Gasteiger partial charge in [-0.25, -0.2) is 5.84 Å². The van der Waals surface area contributed by atoms with Crippen molar-refractivity contribution in [2.45, 2.75) is 26.8 Å². The highest BCUT2D eigenvalue weighted by Crippen LogP contribution is 2.19. The lowest BCUT2D eigenvalue weighted by atomic mass is 10.4. The van der Waals surface area contributed by atoms with Crippen molar-refractivity contribution >= 4 is 21.8 Å². The molecule has 0 saturated carbocycles. The first-order chi connectivity index (χ1) is 6.56. The molecule has 5 nitrogen and oxygen atoms in total. The lowest BCUT2D eigenvalue weighted by molar-refractivity contribution is -0.121. The fourth-order valence-electron chi connectivity index (χ4n) is 1.17. The normalized spacial score (nSPS) is 10.3. The molecule has 1 aromatic rings. The molecule has 1 heterocycles. The van der Waals surface area contributed by atoms with Gasteiger partial charge in [0.2, 0.25) is 5.91 Å². The van der Waals surface area contributed by atoms with Crippen LogP contribution >= 0.6 is 15.9 Å². The van der Waals surface area contributed by atoms with E-state index in [9.17, 15) is 4.79 Å². The Morgan fingerprint density at radius 2 is 2.29 bits per heavy atom. The predicted octanol–water partition coefficient (Wildman–Crippen LogP) is 0.642. The summed E-state index contributed by atoms with van der Waals surface area (Å²) in [6.07, 6.45) is 0.338. The van der Waals surface area contributed by atoms with E-state index in [1.54, 1.807) is 4.68 Å². The highest BCUT2D eigenvalue weighted by molar-refractivity contribution is 9.10. The Morgan fingerprint density at radius 3 is 2.71 bits per heavy atom. The molecule has 6 heteroatoms. The minimum absolute atomic E-state index is 0.186. The van der Waals surface area contributed by atoms with Crippen LogP contribution in [0.3, 0.4) is 0 Å². The average molecular weight is 261 g/mol. The van der Waals surface area contributed by atoms with Crippen molar-refractivity contribution in [3.05, 3.63) is 15.9 Å². The van der Waals surface area contributed by atoms with Crippen LogP contribution in [-0.2, 0) is 11.3 Å². The van der Waals surface area contributed by atoms with E-state index in [-0.39, 0.29) is 5.91 Å². The molecule has 14 heavy (non-hydrogen) atoms. The second-order valence-corrected chi connectivity index (χ2v) is 3.82. The van der Waals surface area contributed by atoms with Gasteiger partial charge in [-0.3, -0.25) is 14.9 Å². The number of carbonyl (C=O) groups is 1. The molecule has 78 valence electrons. The van der Waals surface area contributed by atoms with Crippen molar-refractivity contribution in [3.63, 3.8) is 0 Å². The van der Waals surface area contributed by atoms with Gasteiger partial charge in [0.1, 0.15) is 0 Å². The number of hydrogen-bond donors (Lipinski definition) is 2. The third-order valence-corrected chi connectivity index (χ3v) is 3.15. The van der Waals surface area contributed by atoms with Gasteiger partial charge in [-0.05, 0) is 29.8 Å². The van der Waals surface area contributed by atoms with E-state index in [4.69, 9.17) is 5.84 Å². The van der Waals surface area contributed by atoms with Crippen LogP contribution in [0.25, 0.3) is 0 Å². The van der Waals surface area contributed by atoms with Crippen LogP contribution in [0.5, 0.6) is 0 Å². The molecule has 0 radical (unpaired) electrons. The number of aryl methyl sites for hydroxylation is 2. The highest BCUT2D eigenvalue weighted by atomic mass is 79.9. The van der Waals surface area contributed by atoms with Crippen molar-refractivity contribution in [1.29, 1.82) is 0 Å². The van der Waals surface area contributed by atoms with Crippen LogP contribution in [0.2, 0.25) is 0 Å². The summed E-state index contributed by atoms with van der Waals surface area (Å²) in [5.41, 5.74) is 4.03. The van der Waals surface area contributed by atoms with E-state index >= 15 is 0 Å². The number of nitrogens with one attached hydrogen (secondary N) is 1. The average Bonchev–Trinajstić information content (AvgIpc) is 2.42. The Morgan fingerprint density at radius 1 is 1.64 bits per heavy atom. The number of carbonyl (C=O) groups excluding carboxylic acids is 1. The van der Waals surface area contributed by atoms with Crippen LogP contribution in [0.1, 0.15) is 17.8 Å². The first-order valence-corrected chi connectivity index (χ1v) is 5.04. The van der Waals surface area contributed by atoms with E-state index in [1.807, 2.05) is 13.8 Å². The minimum atomic E-state index is -0.186. The van der Waals surface area contributed by atoms with Gasteiger partial charge in [0.25, 0.3) is 0 Å². The molecule has 1 rings (SSSR count). The van der Waals surface area contributed by atoms with Gasteiger partial charge in [0, 0.05) is 12.1 Å². The quantitative estimate of drug-likeness (QED) is 0.476. The standard InChI is InChI=1S/C8H13BrN4O/c1-5-8(9)6(2)13(12-5)4-3-7(14)11-10/h3-4,10H2,1-2H3,(H,11,14). The Labute approximate surface area is 90.8 Å². The summed E-state index contributed by atoms with van der Waals surface area (Å²) in [5.74, 6) is 4.78. The molecular formula is C8H13BrN4O. The van der Waals surface area contributed by atoms with Gasteiger partial charge >= 0.3 is 0 Å². The SMILES string of the molecule is Cc1nn(CCC(=O)NN)c(C)c1Br. The molecule has 0 saturated heterocycles. The molecule has 0 aliphatic carbocycles. The first kappa shape index (κ1) is 11.2. The molecule has 1 amide bonds. The molecule has 0 aromatic carbocycles. The number of nitrogens with zero attached hydrogens (tertiary/aromatic N) is 2. The van der Waals surface area contributed by atoms with Crippen molar-refractivity contribution in [2.24, 2.45) is 5.84 Å². The molecule has 0 bridgehead atoms. The number of halogens is 1. The largest absolute Gasteiger partial charge is 0.294 e. The van der Waals surface area contributed by atoms with Crippen LogP contribution in [0.4, 0.5) is 0 Å². The van der Waals surface area contributed by atoms with Crippen LogP contribution < -0.4 is 11.3 Å². The monoisotopic (exact) mass is 260 g/mol. The topological polar surface area (TPSA) is 72.9 Å². The summed E-state index contributed by atoms with van der Waals surface area (Å²) in [6, 6.07) is 0. The first-order valence-electron chi connectivity index (χ1n) is 4.25. The van der Waals surface area contributed by atoms with Gasteiger partial charge in [-0.15, -0.1) is 0 Å². The zero-order valence-electron chi connectivity index (χ0n) is 8.17. The van der Waals surface area contributed by atoms with E-state index in [2.05, 4.69) is 26.5 Å².